The molecule has 0 radical (unpaired) electrons. The maximum atomic E-state index is 12.1. The van der Waals surface area contributed by atoms with Crippen LogP contribution in [0.1, 0.15) is 27.4 Å². The van der Waals surface area contributed by atoms with Crippen LogP contribution in [0.15, 0.2) is 35.1 Å². The van der Waals surface area contributed by atoms with Gasteiger partial charge in [0.1, 0.15) is 0 Å². The van der Waals surface area contributed by atoms with E-state index in [1.54, 1.807) is 13.8 Å². The first-order chi connectivity index (χ1) is 10.6. The van der Waals surface area contributed by atoms with Crippen LogP contribution in [0.5, 0.6) is 0 Å². The Bertz CT molecular complexity index is 895. The van der Waals surface area contributed by atoms with Gasteiger partial charge in [0, 0.05) is 17.8 Å². The fourth-order valence-corrected chi connectivity index (χ4v) is 2.07. The molecule has 7 nitrogen and oxygen atoms in total. The van der Waals surface area contributed by atoms with Gasteiger partial charge in [-0.3, -0.25) is 9.59 Å². The lowest BCUT2D eigenvalue weighted by atomic mass is 10.2. The minimum Gasteiger partial charge on any atom is -0.345 e. The maximum absolute atomic E-state index is 12.1. The molecule has 7 heteroatoms. The Morgan fingerprint density at radius 1 is 1.27 bits per heavy atom. The van der Waals surface area contributed by atoms with Gasteiger partial charge in [-0.25, -0.2) is 0 Å². The van der Waals surface area contributed by atoms with E-state index in [2.05, 4.69) is 20.4 Å². The first-order valence-corrected chi connectivity index (χ1v) is 6.84. The SMILES string of the molecule is Cc1[nH]c2nc(C(=O)NCc3ccccc3)nn2c(=O)c1C. The third-order valence-corrected chi connectivity index (χ3v) is 3.48. The van der Waals surface area contributed by atoms with E-state index >= 15 is 0 Å². The van der Waals surface area contributed by atoms with Gasteiger partial charge in [0.25, 0.3) is 11.5 Å². The lowest BCUT2D eigenvalue weighted by Crippen LogP contribution is -2.24. The quantitative estimate of drug-likeness (QED) is 0.753. The summed E-state index contributed by atoms with van der Waals surface area (Å²) in [4.78, 5) is 31.2. The van der Waals surface area contributed by atoms with Crippen molar-refractivity contribution < 1.29 is 4.79 Å². The van der Waals surface area contributed by atoms with Crippen molar-refractivity contribution in [2.45, 2.75) is 20.4 Å². The van der Waals surface area contributed by atoms with Crippen LogP contribution in [0.4, 0.5) is 0 Å². The molecule has 0 unspecified atom stereocenters. The monoisotopic (exact) mass is 297 g/mol. The highest BCUT2D eigenvalue weighted by atomic mass is 16.2. The summed E-state index contributed by atoms with van der Waals surface area (Å²) in [5, 5.41) is 6.71. The number of hydrogen-bond donors (Lipinski definition) is 2. The van der Waals surface area contributed by atoms with Crippen LogP contribution in [0.3, 0.4) is 0 Å². The highest BCUT2D eigenvalue weighted by Crippen LogP contribution is 2.02. The number of aromatic nitrogens is 4. The Morgan fingerprint density at radius 3 is 2.73 bits per heavy atom. The number of amides is 1. The van der Waals surface area contributed by atoms with Crippen molar-refractivity contribution in [1.29, 1.82) is 0 Å². The van der Waals surface area contributed by atoms with E-state index < -0.39 is 5.91 Å². The average molecular weight is 297 g/mol. The van der Waals surface area contributed by atoms with Crippen LogP contribution >= 0.6 is 0 Å². The van der Waals surface area contributed by atoms with Gasteiger partial charge in [-0.15, -0.1) is 5.10 Å². The van der Waals surface area contributed by atoms with E-state index in [4.69, 9.17) is 0 Å². The molecule has 1 amide bonds. The zero-order chi connectivity index (χ0) is 15.7. The van der Waals surface area contributed by atoms with E-state index in [0.717, 1.165) is 10.1 Å². The Kier molecular flexibility index (Phi) is 3.46. The van der Waals surface area contributed by atoms with Crippen LogP contribution in [-0.2, 0) is 6.54 Å². The molecular weight excluding hydrogens is 282 g/mol. The first-order valence-electron chi connectivity index (χ1n) is 6.84. The number of fused-ring (bicyclic) bond motifs is 1. The molecule has 0 aliphatic rings. The number of rotatable bonds is 3. The number of carbonyl (C=O) groups is 1. The molecule has 0 aliphatic carbocycles. The Labute approximate surface area is 126 Å². The smallest absolute Gasteiger partial charge is 0.291 e. The number of nitrogens with zero attached hydrogens (tertiary/aromatic N) is 3. The molecular formula is C15H15N5O2. The normalized spacial score (nSPS) is 10.8. The van der Waals surface area contributed by atoms with Gasteiger partial charge in [0.05, 0.1) is 0 Å². The van der Waals surface area contributed by atoms with Crippen LogP contribution in [0, 0.1) is 13.8 Å². The summed E-state index contributed by atoms with van der Waals surface area (Å²) in [7, 11) is 0. The molecule has 22 heavy (non-hydrogen) atoms. The summed E-state index contributed by atoms with van der Waals surface area (Å²) in [6.07, 6.45) is 0. The predicted octanol–water partition coefficient (Wildman–Crippen LogP) is 0.964. The molecule has 2 heterocycles. The van der Waals surface area contributed by atoms with Crippen molar-refractivity contribution in [3.8, 4) is 0 Å². The lowest BCUT2D eigenvalue weighted by Gasteiger charge is -2.01. The van der Waals surface area contributed by atoms with Crippen molar-refractivity contribution in [1.82, 2.24) is 24.9 Å². The molecule has 112 valence electrons. The van der Waals surface area contributed by atoms with Crippen LogP contribution in [0.25, 0.3) is 5.78 Å². The van der Waals surface area contributed by atoms with Crippen molar-refractivity contribution in [2.24, 2.45) is 0 Å². The van der Waals surface area contributed by atoms with E-state index in [1.165, 1.54) is 0 Å². The molecule has 0 saturated heterocycles. The van der Waals surface area contributed by atoms with Gasteiger partial charge in [-0.05, 0) is 19.4 Å². The minimum absolute atomic E-state index is 0.0331. The van der Waals surface area contributed by atoms with Crippen LogP contribution in [-0.4, -0.2) is 25.5 Å². The number of hydrogen-bond acceptors (Lipinski definition) is 4. The molecule has 0 aliphatic heterocycles. The van der Waals surface area contributed by atoms with Crippen molar-refractivity contribution in [2.75, 3.05) is 0 Å². The maximum Gasteiger partial charge on any atom is 0.291 e. The van der Waals surface area contributed by atoms with Crippen molar-refractivity contribution in [3.05, 3.63) is 63.3 Å². The minimum atomic E-state index is -0.421. The Balaban J connectivity index is 1.86. The third-order valence-electron chi connectivity index (χ3n) is 3.48. The molecule has 0 fully saturated rings. The van der Waals surface area contributed by atoms with Crippen molar-refractivity contribution >= 4 is 11.7 Å². The largest absolute Gasteiger partial charge is 0.345 e. The van der Waals surface area contributed by atoms with Gasteiger partial charge in [0.15, 0.2) is 0 Å². The highest BCUT2D eigenvalue weighted by Gasteiger charge is 2.15. The van der Waals surface area contributed by atoms with Gasteiger partial charge in [-0.2, -0.15) is 9.50 Å². The summed E-state index contributed by atoms with van der Waals surface area (Å²) in [6, 6.07) is 9.52. The van der Waals surface area contributed by atoms with Crippen LogP contribution in [0.2, 0.25) is 0 Å². The topological polar surface area (TPSA) is 92.2 Å². The van der Waals surface area contributed by atoms with Gasteiger partial charge >= 0.3 is 0 Å². The second kappa shape index (κ2) is 5.44. The van der Waals surface area contributed by atoms with E-state index in [-0.39, 0.29) is 17.2 Å². The van der Waals surface area contributed by atoms with Gasteiger partial charge in [-0.1, -0.05) is 30.3 Å². The second-order valence-corrected chi connectivity index (χ2v) is 5.02. The summed E-state index contributed by atoms with van der Waals surface area (Å²) in [5.74, 6) is -0.192. The zero-order valence-electron chi connectivity index (χ0n) is 12.3. The van der Waals surface area contributed by atoms with Gasteiger partial charge < -0.3 is 10.3 Å². The first kappa shape index (κ1) is 14.0. The number of nitrogens with one attached hydrogen (secondary N) is 2. The summed E-state index contributed by atoms with van der Waals surface area (Å²) < 4.78 is 1.11. The van der Waals surface area contributed by atoms with E-state index in [1.807, 2.05) is 30.3 Å². The average Bonchev–Trinajstić information content (AvgIpc) is 2.95. The summed E-state index contributed by atoms with van der Waals surface area (Å²) >= 11 is 0. The molecule has 3 aromatic rings. The number of aryl methyl sites for hydroxylation is 1. The highest BCUT2D eigenvalue weighted by molar-refractivity contribution is 5.90. The Hall–Kier alpha value is -2.96. The third kappa shape index (κ3) is 2.48. The summed E-state index contributed by atoms with van der Waals surface area (Å²) in [6.45, 7) is 3.85. The van der Waals surface area contributed by atoms with Crippen LogP contribution < -0.4 is 10.9 Å². The Morgan fingerprint density at radius 2 is 2.00 bits per heavy atom. The number of H-pyrrole nitrogens is 1. The second-order valence-electron chi connectivity index (χ2n) is 5.02. The van der Waals surface area contributed by atoms with Crippen molar-refractivity contribution in [3.63, 3.8) is 0 Å². The summed E-state index contributed by atoms with van der Waals surface area (Å²) in [5.41, 5.74) is 1.96. The fraction of sp³-hybridized carbons (Fsp3) is 0.200. The van der Waals surface area contributed by atoms with E-state index in [9.17, 15) is 9.59 Å². The number of benzene rings is 1. The zero-order valence-corrected chi connectivity index (χ0v) is 12.3. The molecule has 0 spiro atoms. The molecule has 2 N–H and O–H groups in total. The molecule has 3 rings (SSSR count). The molecule has 0 saturated carbocycles. The molecule has 0 atom stereocenters. The molecule has 1 aromatic carbocycles. The number of carbonyl (C=O) groups excluding carboxylic acids is 1. The van der Waals surface area contributed by atoms with E-state index in [0.29, 0.717) is 17.8 Å². The predicted molar refractivity (Wildman–Crippen MR) is 80.7 cm³/mol. The standard InChI is InChI=1S/C15H15N5O2/c1-9-10(2)17-15-18-12(19-20(15)14(9)22)13(21)16-8-11-6-4-3-5-7-11/h3-7H,8H2,1-2H3,(H,16,21)(H,17,18,19). The molecule has 2 aromatic heterocycles. The lowest BCUT2D eigenvalue weighted by molar-refractivity contribution is 0.0940. The number of aromatic amines is 1. The molecule has 0 bridgehead atoms. The fourth-order valence-electron chi connectivity index (χ4n) is 2.07. The van der Waals surface area contributed by atoms with Gasteiger partial charge in [0.2, 0.25) is 11.6 Å².